The Bertz CT molecular complexity index is 3090. The first-order valence-electron chi connectivity index (χ1n) is 29.8. The number of Topliss-reactive ketones (excluding diaryl/α,β-unsaturated/α-hetero) is 1. The summed E-state index contributed by atoms with van der Waals surface area (Å²) in [5, 5.41) is 37.5. The van der Waals surface area contributed by atoms with Gasteiger partial charge in [0.25, 0.3) is 0 Å². The first-order valence-corrected chi connectivity index (χ1v) is 31.3. The molecule has 2 aromatic carbocycles. The van der Waals surface area contributed by atoms with Crippen LogP contribution in [-0.2, 0) is 39.5 Å². The summed E-state index contributed by atoms with van der Waals surface area (Å²) in [6.45, 7) is 13.7. The van der Waals surface area contributed by atoms with Gasteiger partial charge in [0, 0.05) is 64.0 Å². The summed E-state index contributed by atoms with van der Waals surface area (Å²) in [5.74, 6) is -2.75. The van der Waals surface area contributed by atoms with Crippen molar-refractivity contribution in [3.63, 3.8) is 0 Å². The molecule has 6 heterocycles. The van der Waals surface area contributed by atoms with Crippen molar-refractivity contribution >= 4 is 93.8 Å². The number of ether oxygens (including phenoxy) is 2. The third-order valence-electron chi connectivity index (χ3n) is 21.0. The van der Waals surface area contributed by atoms with Gasteiger partial charge in [0.05, 0.1) is 54.4 Å². The van der Waals surface area contributed by atoms with E-state index in [2.05, 4.69) is 48.3 Å². The Balaban J connectivity index is 0.000000175. The molecule has 4 spiro atoms. The van der Waals surface area contributed by atoms with Crippen LogP contribution in [0.15, 0.2) is 73.1 Å². The number of nitrogens with zero attached hydrogens (tertiary/aromatic N) is 2. The average Bonchev–Trinajstić information content (AvgIpc) is 1.56. The second-order valence-corrected chi connectivity index (χ2v) is 28.9. The van der Waals surface area contributed by atoms with Crippen molar-refractivity contribution in [2.45, 2.75) is 191 Å². The lowest BCUT2D eigenvalue weighted by Crippen LogP contribution is -2.52. The maximum atomic E-state index is 14.6. The van der Waals surface area contributed by atoms with Crippen LogP contribution in [0.3, 0.4) is 0 Å². The number of carbonyl (C=O) groups excluding carboxylic acids is 3. The maximum absolute atomic E-state index is 14.6. The Hall–Kier alpha value is -3.93. The zero-order valence-electron chi connectivity index (χ0n) is 48.9. The highest BCUT2D eigenvalue weighted by Gasteiger charge is 2.74. The number of aliphatic hydroxyl groups excluding tert-OH is 2. The Kier molecular flexibility index (Phi) is 19.1. The molecule has 4 aliphatic carbocycles. The number of aromatic nitrogens is 2. The first-order chi connectivity index (χ1) is 39.2. The minimum absolute atomic E-state index is 0. The van der Waals surface area contributed by atoms with Gasteiger partial charge in [0.2, 0.25) is 11.8 Å². The smallest absolute Gasteiger partial charge is 0.307 e. The fourth-order valence-electron chi connectivity index (χ4n) is 16.6. The second-order valence-electron chi connectivity index (χ2n) is 27.2. The van der Waals surface area contributed by atoms with E-state index >= 15 is 0 Å². The highest BCUT2D eigenvalue weighted by atomic mass is 35.5. The van der Waals surface area contributed by atoms with Crippen LogP contribution < -0.4 is 16.4 Å². The molecule has 4 saturated carbocycles. The van der Waals surface area contributed by atoms with Crippen molar-refractivity contribution in [3.05, 3.63) is 116 Å². The lowest BCUT2D eigenvalue weighted by molar-refractivity contribution is -0.142. The topological polar surface area (TPSA) is 223 Å². The largest absolute Gasteiger partial charge is 0.481 e. The van der Waals surface area contributed by atoms with Crippen LogP contribution in [-0.4, -0.2) is 92.5 Å². The summed E-state index contributed by atoms with van der Waals surface area (Å²) in [6, 6.07) is 18.7. The quantitative estimate of drug-likeness (QED) is 0.0907. The summed E-state index contributed by atoms with van der Waals surface area (Å²) in [5.41, 5.74) is 8.03. The molecule has 456 valence electrons. The molecule has 3 unspecified atom stereocenters. The second kappa shape index (κ2) is 24.9. The van der Waals surface area contributed by atoms with E-state index in [9.17, 15) is 29.4 Å². The summed E-state index contributed by atoms with van der Waals surface area (Å²) < 4.78 is 11.2. The monoisotopic (exact) mass is 1250 g/mol. The van der Waals surface area contributed by atoms with Gasteiger partial charge < -0.3 is 41.2 Å². The fourth-order valence-corrected chi connectivity index (χ4v) is 17.4. The number of hydrogen-bond donors (Lipinski definition) is 6. The van der Waals surface area contributed by atoms with Gasteiger partial charge in [0.1, 0.15) is 16.1 Å². The highest BCUT2D eigenvalue weighted by molar-refractivity contribution is 6.32. The molecule has 0 bridgehead atoms. The number of anilines is 2. The van der Waals surface area contributed by atoms with Crippen LogP contribution in [0.25, 0.3) is 0 Å². The summed E-state index contributed by atoms with van der Waals surface area (Å²) in [6.07, 6.45) is 14.4. The molecule has 2 amide bonds. The van der Waals surface area contributed by atoms with Crippen LogP contribution in [0.5, 0.6) is 0 Å². The number of fused-ring (bicyclic) bond motifs is 6. The van der Waals surface area contributed by atoms with Crippen molar-refractivity contribution in [1.29, 1.82) is 0 Å². The summed E-state index contributed by atoms with van der Waals surface area (Å²) in [4.78, 5) is 64.0. The van der Waals surface area contributed by atoms with Gasteiger partial charge >= 0.3 is 5.97 Å². The standard InChI is InChI=1S/C33H40Cl2N2O4.C25H26Cl2N2O3.C7H15NO2.ClH/c1-19(38)27-7-4-20(18-41-27)14-26(39)23-17-32(11-9-31(2,3)10-12-32)33(29(23)21-8-13-36-28(35)15-21)24-6-5-22(34)16-25(24)37-30(33)40;1-23(2)6-8-24(9-7-23)13-16(21(30)31)20(14-5-10-28-19(27)11-14)25(24)17-4-3-15(26)12-18(17)29-22(25)32;1-5(9)7-3-2-6(8)4-10-7;/h5-6,8,13,15-16,19-20,23,27,29,38H,4,7,9-12,14,17-18H2,1-3H3,(H,37,40);3-5,10-12,16,20H,6-9,13H2,1-2H3,(H,29,32)(H,30,31);5-7,9H,2-4,8H2,1H3;1H/t19?,20-,23-,27-,29-,33+;16-,20+,25?;5?,6-,7+;/m011./s1. The SMILES string of the molecule is CC(O)[C@@H]1CC[C@@H](CC(=O)[C@@H]2CC3(CCC(C)(C)CC3)[C@@]3(C(=O)Nc4cc(Cl)ccc43)[C@H]2c2ccnc(Cl)c2)CO1.CC(O)[C@@H]1CC[C@@H](N)CO1.CC1(C)CCC2(CC1)C[C@@H](C(=O)O)[C@H](c1ccnc(Cl)c1)C21C(=O)Nc2cc(Cl)ccc21.Cl. The maximum Gasteiger partial charge on any atom is 0.307 e. The van der Waals surface area contributed by atoms with Crippen molar-refractivity contribution in [3.8, 4) is 0 Å². The number of carbonyl (C=O) groups is 4. The molecule has 84 heavy (non-hydrogen) atoms. The third-order valence-corrected chi connectivity index (χ3v) is 21.9. The molecule has 12 rings (SSSR count). The van der Waals surface area contributed by atoms with Gasteiger partial charge in [-0.2, -0.15) is 0 Å². The number of hydrogen-bond acceptors (Lipinski definition) is 11. The zero-order valence-corrected chi connectivity index (χ0v) is 52.7. The van der Waals surface area contributed by atoms with Crippen LogP contribution >= 0.6 is 58.8 Å². The molecule has 6 fully saturated rings. The van der Waals surface area contributed by atoms with Crippen molar-refractivity contribution in [2.24, 2.45) is 45.1 Å². The first kappa shape index (κ1) is 64.5. The number of carboxylic acids is 1. The molecule has 4 aromatic rings. The predicted octanol–water partition coefficient (Wildman–Crippen LogP) is 13.5. The number of rotatable bonds is 8. The molecule has 2 aromatic heterocycles. The molecule has 14 nitrogen and oxygen atoms in total. The predicted molar refractivity (Wildman–Crippen MR) is 330 cm³/mol. The van der Waals surface area contributed by atoms with Crippen LogP contribution in [0.4, 0.5) is 11.4 Å². The number of halogens is 5. The Labute approximate surface area is 520 Å². The van der Waals surface area contributed by atoms with Gasteiger partial charge in [-0.05, 0) is 202 Å². The molecule has 0 radical (unpaired) electrons. The summed E-state index contributed by atoms with van der Waals surface area (Å²) in [7, 11) is 0. The Morgan fingerprint density at radius 2 is 1.06 bits per heavy atom. The van der Waals surface area contributed by atoms with Gasteiger partial charge in [-0.25, -0.2) is 9.97 Å². The number of aliphatic hydroxyl groups is 2. The van der Waals surface area contributed by atoms with E-state index in [1.54, 1.807) is 50.5 Å². The van der Waals surface area contributed by atoms with Gasteiger partial charge in [-0.3, -0.25) is 19.2 Å². The third kappa shape index (κ3) is 11.8. The number of pyridine rings is 2. The van der Waals surface area contributed by atoms with E-state index in [1.165, 1.54) is 0 Å². The van der Waals surface area contributed by atoms with E-state index < -0.39 is 40.2 Å². The number of aliphatic carboxylic acids is 1. The molecule has 4 aliphatic heterocycles. The lowest BCUT2D eigenvalue weighted by Gasteiger charge is -2.51. The van der Waals surface area contributed by atoms with Crippen molar-refractivity contribution < 1.29 is 44.0 Å². The van der Waals surface area contributed by atoms with E-state index in [0.29, 0.717) is 58.5 Å². The molecule has 7 N–H and O–H groups in total. The Morgan fingerprint density at radius 3 is 1.45 bits per heavy atom. The number of nitrogens with one attached hydrogen (secondary N) is 2. The molecule has 2 saturated heterocycles. The van der Waals surface area contributed by atoms with Gasteiger partial charge in [-0.1, -0.05) is 86.2 Å². The molecular formula is C65H82Cl5N5O9. The van der Waals surface area contributed by atoms with E-state index in [1.807, 2.05) is 36.4 Å². The van der Waals surface area contributed by atoms with Gasteiger partial charge in [-0.15, -0.1) is 12.4 Å². The van der Waals surface area contributed by atoms with Crippen molar-refractivity contribution in [1.82, 2.24) is 9.97 Å². The lowest BCUT2D eigenvalue weighted by atomic mass is 9.51. The molecule has 12 atom stereocenters. The normalized spacial score (nSPS) is 31.7. The van der Waals surface area contributed by atoms with Crippen molar-refractivity contribution in [2.75, 3.05) is 23.8 Å². The number of benzene rings is 2. The summed E-state index contributed by atoms with van der Waals surface area (Å²) >= 11 is 25.4. The number of amides is 2. The Morgan fingerprint density at radius 1 is 0.631 bits per heavy atom. The van der Waals surface area contributed by atoms with E-state index in [4.69, 9.17) is 66.7 Å². The zero-order chi connectivity index (χ0) is 59.6. The van der Waals surface area contributed by atoms with Crippen LogP contribution in [0.2, 0.25) is 20.4 Å². The minimum atomic E-state index is -1.00. The number of carboxylic acid groups (broad SMARTS) is 1. The van der Waals surface area contributed by atoms with E-state index in [0.717, 1.165) is 105 Å². The van der Waals surface area contributed by atoms with Crippen LogP contribution in [0.1, 0.15) is 172 Å². The highest BCUT2D eigenvalue weighted by Crippen LogP contribution is 2.74. The van der Waals surface area contributed by atoms with E-state index in [-0.39, 0.29) is 88.4 Å². The minimum Gasteiger partial charge on any atom is -0.481 e. The number of nitrogens with two attached hydrogens (primary N) is 1. The van der Waals surface area contributed by atoms with Gasteiger partial charge in [0.15, 0.2) is 0 Å². The number of ketones is 1. The average molecular weight is 1250 g/mol. The molecule has 8 aliphatic rings. The fraction of sp³-hybridized carbons (Fsp3) is 0.600. The molecule has 19 heteroatoms. The molecular weight excluding hydrogens is 1170 g/mol. The van der Waals surface area contributed by atoms with Crippen LogP contribution in [0, 0.1) is 39.4 Å².